The van der Waals surface area contributed by atoms with Crippen molar-refractivity contribution >= 4 is 5.91 Å². The third kappa shape index (κ3) is 3.37. The van der Waals surface area contributed by atoms with E-state index in [2.05, 4.69) is 19.1 Å². The summed E-state index contributed by atoms with van der Waals surface area (Å²) in [5.41, 5.74) is 1.92. The van der Waals surface area contributed by atoms with Crippen LogP contribution < -0.4 is 4.74 Å². The van der Waals surface area contributed by atoms with E-state index < -0.39 is 0 Å². The van der Waals surface area contributed by atoms with Gasteiger partial charge in [0, 0.05) is 24.1 Å². The fourth-order valence-electron chi connectivity index (χ4n) is 3.42. The summed E-state index contributed by atoms with van der Waals surface area (Å²) in [4.78, 5) is 14.6. The van der Waals surface area contributed by atoms with E-state index in [-0.39, 0.29) is 24.1 Å². The van der Waals surface area contributed by atoms with E-state index >= 15 is 0 Å². The van der Waals surface area contributed by atoms with Gasteiger partial charge in [-0.3, -0.25) is 4.79 Å². The number of nitrogens with zero attached hydrogens (tertiary/aromatic N) is 1. The quantitative estimate of drug-likeness (QED) is 0.938. The molecule has 2 aromatic carbocycles. The van der Waals surface area contributed by atoms with Crippen LogP contribution >= 0.6 is 0 Å². The molecule has 0 saturated carbocycles. The van der Waals surface area contributed by atoms with Gasteiger partial charge in [-0.15, -0.1) is 0 Å². The monoisotopic (exact) mass is 325 g/mol. The molecule has 1 saturated heterocycles. The number of aromatic hydroxyl groups is 1. The molecule has 126 valence electrons. The van der Waals surface area contributed by atoms with Crippen molar-refractivity contribution in [1.82, 2.24) is 4.90 Å². The predicted octanol–water partition coefficient (Wildman–Crippen LogP) is 3.35. The highest BCUT2D eigenvalue weighted by Gasteiger charge is 2.33. The second-order valence-corrected chi connectivity index (χ2v) is 6.41. The Balaban J connectivity index is 1.68. The number of phenols is 1. The molecule has 0 spiro atoms. The number of hydrogen-bond acceptors (Lipinski definition) is 3. The van der Waals surface area contributed by atoms with E-state index in [0.717, 1.165) is 18.7 Å². The molecule has 1 aliphatic rings. The smallest absolute Gasteiger partial charge is 0.227 e. The number of rotatable bonds is 4. The van der Waals surface area contributed by atoms with Gasteiger partial charge in [-0.1, -0.05) is 30.3 Å². The van der Waals surface area contributed by atoms with Crippen LogP contribution in [0.4, 0.5) is 0 Å². The van der Waals surface area contributed by atoms with Crippen LogP contribution in [0.15, 0.2) is 48.5 Å². The molecule has 1 N–H and O–H groups in total. The van der Waals surface area contributed by atoms with Gasteiger partial charge in [0.15, 0.2) is 0 Å². The van der Waals surface area contributed by atoms with Gasteiger partial charge >= 0.3 is 0 Å². The van der Waals surface area contributed by atoms with Gasteiger partial charge in [-0.05, 0) is 37.1 Å². The van der Waals surface area contributed by atoms with Crippen LogP contribution in [0, 0.1) is 0 Å². The Bertz CT molecular complexity index is 711. The van der Waals surface area contributed by atoms with Crippen LogP contribution in [0.1, 0.15) is 30.4 Å². The minimum atomic E-state index is 0.0695. The van der Waals surface area contributed by atoms with E-state index in [0.29, 0.717) is 11.5 Å². The van der Waals surface area contributed by atoms with Crippen LogP contribution in [-0.2, 0) is 11.2 Å². The molecular formula is C20H23NO3. The van der Waals surface area contributed by atoms with E-state index in [4.69, 9.17) is 4.74 Å². The van der Waals surface area contributed by atoms with E-state index in [9.17, 15) is 9.90 Å². The van der Waals surface area contributed by atoms with Crippen LogP contribution in [-0.4, -0.2) is 35.6 Å². The lowest BCUT2D eigenvalue weighted by Crippen LogP contribution is -2.35. The Morgan fingerprint density at radius 2 is 1.92 bits per heavy atom. The van der Waals surface area contributed by atoms with Crippen molar-refractivity contribution in [2.75, 3.05) is 13.7 Å². The van der Waals surface area contributed by atoms with Crippen molar-refractivity contribution in [3.63, 3.8) is 0 Å². The second-order valence-electron chi connectivity index (χ2n) is 6.41. The molecule has 2 atom stereocenters. The summed E-state index contributed by atoms with van der Waals surface area (Å²) < 4.78 is 5.20. The Morgan fingerprint density at radius 3 is 2.58 bits per heavy atom. The van der Waals surface area contributed by atoms with Crippen molar-refractivity contribution in [2.45, 2.75) is 31.7 Å². The molecule has 24 heavy (non-hydrogen) atoms. The van der Waals surface area contributed by atoms with Gasteiger partial charge in [0.1, 0.15) is 11.5 Å². The van der Waals surface area contributed by atoms with E-state index in [1.807, 2.05) is 23.1 Å². The predicted molar refractivity (Wildman–Crippen MR) is 93.3 cm³/mol. The molecule has 3 rings (SSSR count). The zero-order chi connectivity index (χ0) is 17.1. The fourth-order valence-corrected chi connectivity index (χ4v) is 3.42. The highest BCUT2D eigenvalue weighted by atomic mass is 16.5. The van der Waals surface area contributed by atoms with E-state index in [1.54, 1.807) is 25.3 Å². The maximum absolute atomic E-state index is 12.6. The molecule has 1 fully saturated rings. The van der Waals surface area contributed by atoms with Gasteiger partial charge in [-0.2, -0.15) is 0 Å². The highest BCUT2D eigenvalue weighted by molar-refractivity contribution is 5.80. The normalized spacial score (nSPS) is 20.2. The van der Waals surface area contributed by atoms with Gasteiger partial charge < -0.3 is 14.7 Å². The molecular weight excluding hydrogens is 302 g/mol. The minimum absolute atomic E-state index is 0.0695. The number of carbonyl (C=O) groups excluding carboxylic acids is 1. The van der Waals surface area contributed by atoms with Crippen LogP contribution in [0.3, 0.4) is 0 Å². The lowest BCUT2D eigenvalue weighted by Gasteiger charge is -2.21. The first-order valence-corrected chi connectivity index (χ1v) is 8.28. The number of carbonyl (C=O) groups is 1. The molecule has 4 heteroatoms. The van der Waals surface area contributed by atoms with Crippen molar-refractivity contribution in [3.05, 3.63) is 59.7 Å². The number of hydrogen-bond donors (Lipinski definition) is 1. The lowest BCUT2D eigenvalue weighted by molar-refractivity contribution is -0.131. The largest absolute Gasteiger partial charge is 0.508 e. The average molecular weight is 325 g/mol. The van der Waals surface area contributed by atoms with Crippen molar-refractivity contribution in [3.8, 4) is 11.5 Å². The van der Waals surface area contributed by atoms with Gasteiger partial charge in [-0.25, -0.2) is 0 Å². The van der Waals surface area contributed by atoms with Crippen LogP contribution in [0.25, 0.3) is 0 Å². The Kier molecular flexibility index (Phi) is 4.74. The highest BCUT2D eigenvalue weighted by Crippen LogP contribution is 2.33. The minimum Gasteiger partial charge on any atom is -0.508 e. The third-order valence-corrected chi connectivity index (χ3v) is 4.82. The maximum Gasteiger partial charge on any atom is 0.227 e. The summed E-state index contributed by atoms with van der Waals surface area (Å²) in [6, 6.07) is 15.3. The summed E-state index contributed by atoms with van der Waals surface area (Å²) >= 11 is 0. The molecule has 0 aliphatic carbocycles. The first-order chi connectivity index (χ1) is 11.6. The van der Waals surface area contributed by atoms with Gasteiger partial charge in [0.05, 0.1) is 13.5 Å². The molecule has 0 unspecified atom stereocenters. The zero-order valence-corrected chi connectivity index (χ0v) is 14.1. The van der Waals surface area contributed by atoms with Gasteiger partial charge in [0.25, 0.3) is 0 Å². The number of methoxy groups -OCH3 is 1. The van der Waals surface area contributed by atoms with Crippen molar-refractivity contribution in [1.29, 1.82) is 0 Å². The Labute approximate surface area is 142 Å². The lowest BCUT2D eigenvalue weighted by atomic mass is 9.97. The third-order valence-electron chi connectivity index (χ3n) is 4.82. The molecule has 1 heterocycles. The van der Waals surface area contributed by atoms with E-state index in [1.165, 1.54) is 5.56 Å². The summed E-state index contributed by atoms with van der Waals surface area (Å²) in [5, 5.41) is 9.86. The number of para-hydroxylation sites is 1. The zero-order valence-electron chi connectivity index (χ0n) is 14.1. The maximum atomic E-state index is 12.6. The Morgan fingerprint density at radius 1 is 1.21 bits per heavy atom. The molecule has 0 radical (unpaired) electrons. The first kappa shape index (κ1) is 16.4. The topological polar surface area (TPSA) is 49.8 Å². The summed E-state index contributed by atoms with van der Waals surface area (Å²) in [6.45, 7) is 2.81. The fraction of sp³-hybridized carbons (Fsp3) is 0.350. The molecule has 1 aliphatic heterocycles. The standard InChI is InChI=1S/C20H23NO3/c1-14-11-17(15-7-9-18(24-2)10-8-15)13-21(14)20(23)12-16-5-3-4-6-19(16)22/h3-10,14,17,22H,11-13H2,1-2H3/t14-,17-/m1/s1. The summed E-state index contributed by atoms with van der Waals surface area (Å²) in [7, 11) is 1.66. The number of phenolic OH excluding ortho intramolecular Hbond substituents is 1. The van der Waals surface area contributed by atoms with Crippen molar-refractivity contribution in [2.24, 2.45) is 0 Å². The van der Waals surface area contributed by atoms with Crippen molar-refractivity contribution < 1.29 is 14.6 Å². The molecule has 0 aromatic heterocycles. The molecule has 4 nitrogen and oxygen atoms in total. The number of amides is 1. The number of likely N-dealkylation sites (tertiary alicyclic amines) is 1. The number of benzene rings is 2. The second kappa shape index (κ2) is 6.95. The first-order valence-electron chi connectivity index (χ1n) is 8.28. The molecule has 1 amide bonds. The number of ether oxygens (including phenoxy) is 1. The van der Waals surface area contributed by atoms with Crippen LogP contribution in [0.2, 0.25) is 0 Å². The summed E-state index contributed by atoms with van der Waals surface area (Å²) in [5.74, 6) is 1.45. The van der Waals surface area contributed by atoms with Crippen LogP contribution in [0.5, 0.6) is 11.5 Å². The summed E-state index contributed by atoms with van der Waals surface area (Å²) in [6.07, 6.45) is 1.20. The SMILES string of the molecule is COc1ccc([C@@H]2C[C@@H](C)N(C(=O)Cc3ccccc3O)C2)cc1. The average Bonchev–Trinajstić information content (AvgIpc) is 2.99. The molecule has 0 bridgehead atoms. The molecule has 2 aromatic rings. The van der Waals surface area contributed by atoms with Gasteiger partial charge in [0.2, 0.25) is 5.91 Å². The Hall–Kier alpha value is -2.49.